The van der Waals surface area contributed by atoms with Crippen molar-refractivity contribution < 1.29 is 14.6 Å². The number of rotatable bonds is 4. The van der Waals surface area contributed by atoms with Gasteiger partial charge in [-0.2, -0.15) is 9.97 Å². The van der Waals surface area contributed by atoms with Crippen LogP contribution >= 0.6 is 0 Å². The Morgan fingerprint density at radius 2 is 1.96 bits per heavy atom. The Hall–Kier alpha value is -2.67. The van der Waals surface area contributed by atoms with E-state index in [1.165, 1.54) is 7.11 Å². The lowest BCUT2D eigenvalue weighted by atomic mass is 9.85. The molecule has 0 saturated carbocycles. The Labute approximate surface area is 146 Å². The Morgan fingerprint density at radius 3 is 2.56 bits per heavy atom. The van der Waals surface area contributed by atoms with E-state index in [1.807, 2.05) is 38.1 Å². The molecule has 7 nitrogen and oxygen atoms in total. The van der Waals surface area contributed by atoms with E-state index in [-0.39, 0.29) is 29.8 Å². The molecule has 0 aliphatic carbocycles. The molecule has 1 amide bonds. The van der Waals surface area contributed by atoms with Crippen molar-refractivity contribution in [3.8, 4) is 6.01 Å². The number of carbonyl (C=O) groups excluding carboxylic acids is 1. The molecule has 2 heterocycles. The Bertz CT molecular complexity index is 803. The van der Waals surface area contributed by atoms with Crippen molar-refractivity contribution in [2.75, 3.05) is 30.9 Å². The first kappa shape index (κ1) is 17.2. The van der Waals surface area contributed by atoms with Crippen LogP contribution < -0.4 is 15.4 Å². The number of nitrogens with two attached hydrogens (primary N) is 1. The van der Waals surface area contributed by atoms with E-state index < -0.39 is 0 Å². The molecule has 0 radical (unpaired) electrons. The lowest BCUT2D eigenvalue weighted by Gasteiger charge is -2.29. The standard InChI is InChI=1S/C18H22N4O3/c1-18(2,10-23)11-4-6-12(7-5-11)22-9-8-13-14(16(22)24)15(19)21-17(20-13)25-3/h4-7,23H,8-10H2,1-3H3,(H2,19,20,21). The van der Waals surface area contributed by atoms with Gasteiger partial charge in [0.25, 0.3) is 5.91 Å². The maximum absolute atomic E-state index is 12.9. The zero-order valence-electron chi connectivity index (χ0n) is 14.6. The summed E-state index contributed by atoms with van der Waals surface area (Å²) < 4.78 is 5.02. The van der Waals surface area contributed by atoms with Gasteiger partial charge in [-0.1, -0.05) is 26.0 Å². The first-order valence-electron chi connectivity index (χ1n) is 8.11. The van der Waals surface area contributed by atoms with Gasteiger partial charge in [0.05, 0.1) is 19.4 Å². The van der Waals surface area contributed by atoms with Gasteiger partial charge in [0.1, 0.15) is 11.4 Å². The van der Waals surface area contributed by atoms with E-state index in [0.717, 1.165) is 11.3 Å². The van der Waals surface area contributed by atoms with Gasteiger partial charge in [0.2, 0.25) is 0 Å². The lowest BCUT2D eigenvalue weighted by molar-refractivity contribution is 0.0980. The number of aliphatic hydroxyl groups is 1. The first-order valence-corrected chi connectivity index (χ1v) is 8.11. The third kappa shape index (κ3) is 3.02. The average molecular weight is 342 g/mol. The van der Waals surface area contributed by atoms with Crippen LogP contribution in [0.25, 0.3) is 0 Å². The number of nitrogen functional groups attached to an aromatic ring is 1. The molecule has 3 rings (SSSR count). The van der Waals surface area contributed by atoms with Crippen LogP contribution in [0.2, 0.25) is 0 Å². The number of anilines is 2. The van der Waals surface area contributed by atoms with Crippen molar-refractivity contribution in [3.05, 3.63) is 41.1 Å². The molecule has 0 fully saturated rings. The van der Waals surface area contributed by atoms with Crippen molar-refractivity contribution in [3.63, 3.8) is 0 Å². The van der Waals surface area contributed by atoms with Crippen LogP contribution in [0.5, 0.6) is 6.01 Å². The molecule has 0 spiro atoms. The van der Waals surface area contributed by atoms with Gasteiger partial charge >= 0.3 is 6.01 Å². The smallest absolute Gasteiger partial charge is 0.318 e. The fraction of sp³-hybridized carbons (Fsp3) is 0.389. The van der Waals surface area contributed by atoms with Gasteiger partial charge in [0, 0.05) is 24.1 Å². The molecular formula is C18H22N4O3. The lowest BCUT2D eigenvalue weighted by Crippen LogP contribution is -2.39. The predicted molar refractivity (Wildman–Crippen MR) is 94.9 cm³/mol. The number of hydrogen-bond acceptors (Lipinski definition) is 6. The van der Waals surface area contributed by atoms with Crippen molar-refractivity contribution in [2.24, 2.45) is 0 Å². The van der Waals surface area contributed by atoms with Crippen molar-refractivity contribution >= 4 is 17.4 Å². The zero-order chi connectivity index (χ0) is 18.2. The molecule has 3 N–H and O–H groups in total. The summed E-state index contributed by atoms with van der Waals surface area (Å²) in [5.41, 5.74) is 8.36. The second-order valence-electron chi connectivity index (χ2n) is 6.71. The number of nitrogens with zero attached hydrogens (tertiary/aromatic N) is 3. The predicted octanol–water partition coefficient (Wildman–Crippen LogP) is 1.54. The third-order valence-electron chi connectivity index (χ3n) is 4.56. The highest BCUT2D eigenvalue weighted by Gasteiger charge is 2.30. The van der Waals surface area contributed by atoms with Gasteiger partial charge in [-0.25, -0.2) is 0 Å². The van der Waals surface area contributed by atoms with Crippen LogP contribution in [0.15, 0.2) is 24.3 Å². The number of benzene rings is 1. The second kappa shape index (κ2) is 6.33. The second-order valence-corrected chi connectivity index (χ2v) is 6.71. The molecule has 1 aromatic carbocycles. The Morgan fingerprint density at radius 1 is 1.28 bits per heavy atom. The average Bonchev–Trinajstić information content (AvgIpc) is 2.61. The summed E-state index contributed by atoms with van der Waals surface area (Å²) in [6.07, 6.45) is 0.577. The van der Waals surface area contributed by atoms with E-state index in [4.69, 9.17) is 10.5 Å². The van der Waals surface area contributed by atoms with Gasteiger partial charge in [-0.15, -0.1) is 0 Å². The maximum atomic E-state index is 12.9. The fourth-order valence-electron chi connectivity index (χ4n) is 2.89. The molecule has 1 aliphatic heterocycles. The topological polar surface area (TPSA) is 102 Å². The van der Waals surface area contributed by atoms with Crippen LogP contribution in [0.1, 0.15) is 35.5 Å². The van der Waals surface area contributed by atoms with Gasteiger partial charge in [-0.3, -0.25) is 4.79 Å². The normalized spacial score (nSPS) is 14.4. The summed E-state index contributed by atoms with van der Waals surface area (Å²) >= 11 is 0. The van der Waals surface area contributed by atoms with Crippen LogP contribution in [0.3, 0.4) is 0 Å². The molecule has 132 valence electrons. The highest BCUT2D eigenvalue weighted by atomic mass is 16.5. The molecular weight excluding hydrogens is 320 g/mol. The number of methoxy groups -OCH3 is 1. The van der Waals surface area contributed by atoms with E-state index in [1.54, 1.807) is 4.90 Å². The Balaban J connectivity index is 1.92. The molecule has 0 bridgehead atoms. The molecule has 1 aromatic heterocycles. The SMILES string of the molecule is COc1nc(N)c2c(n1)CCN(c1ccc(C(C)(C)CO)cc1)C2=O. The largest absolute Gasteiger partial charge is 0.467 e. The number of fused-ring (bicyclic) bond motifs is 1. The maximum Gasteiger partial charge on any atom is 0.318 e. The number of hydrogen-bond donors (Lipinski definition) is 2. The number of aliphatic hydroxyl groups excluding tert-OH is 1. The van der Waals surface area contributed by atoms with Crippen LogP contribution in [-0.2, 0) is 11.8 Å². The van der Waals surface area contributed by atoms with E-state index in [9.17, 15) is 9.90 Å². The molecule has 0 atom stereocenters. The third-order valence-corrected chi connectivity index (χ3v) is 4.56. The summed E-state index contributed by atoms with van der Waals surface area (Å²) in [7, 11) is 1.47. The quantitative estimate of drug-likeness (QED) is 0.874. The molecule has 0 saturated heterocycles. The van der Waals surface area contributed by atoms with Crippen molar-refractivity contribution in [1.82, 2.24) is 9.97 Å². The summed E-state index contributed by atoms with van der Waals surface area (Å²) in [6.45, 7) is 4.50. The van der Waals surface area contributed by atoms with Crippen LogP contribution in [0, 0.1) is 0 Å². The minimum Gasteiger partial charge on any atom is -0.467 e. The van der Waals surface area contributed by atoms with Crippen molar-refractivity contribution in [1.29, 1.82) is 0 Å². The number of amides is 1. The zero-order valence-corrected chi connectivity index (χ0v) is 14.6. The monoisotopic (exact) mass is 342 g/mol. The minimum atomic E-state index is -0.328. The van der Waals surface area contributed by atoms with Crippen molar-refractivity contribution in [2.45, 2.75) is 25.7 Å². The molecule has 2 aromatic rings. The Kier molecular flexibility index (Phi) is 4.34. The summed E-state index contributed by atoms with van der Waals surface area (Å²) in [5, 5.41) is 9.49. The van der Waals surface area contributed by atoms with Crippen LogP contribution in [-0.4, -0.2) is 41.2 Å². The first-order chi connectivity index (χ1) is 11.9. The summed E-state index contributed by atoms with van der Waals surface area (Å²) in [6, 6.07) is 7.81. The molecule has 7 heteroatoms. The summed E-state index contributed by atoms with van der Waals surface area (Å²) in [5.74, 6) is -0.0786. The number of ether oxygens (including phenoxy) is 1. The summed E-state index contributed by atoms with van der Waals surface area (Å²) in [4.78, 5) is 22.8. The fourth-order valence-corrected chi connectivity index (χ4v) is 2.89. The number of aromatic nitrogens is 2. The highest BCUT2D eigenvalue weighted by molar-refractivity contribution is 6.10. The van der Waals surface area contributed by atoms with Gasteiger partial charge in [-0.05, 0) is 17.7 Å². The molecule has 1 aliphatic rings. The van der Waals surface area contributed by atoms with Gasteiger partial charge in [0.15, 0.2) is 0 Å². The highest BCUT2D eigenvalue weighted by Crippen LogP contribution is 2.30. The molecule has 25 heavy (non-hydrogen) atoms. The van der Waals surface area contributed by atoms with E-state index in [0.29, 0.717) is 24.2 Å². The van der Waals surface area contributed by atoms with E-state index in [2.05, 4.69) is 9.97 Å². The van der Waals surface area contributed by atoms with Gasteiger partial charge < -0.3 is 20.5 Å². The molecule has 0 unspecified atom stereocenters. The minimum absolute atomic E-state index is 0.0536. The van der Waals surface area contributed by atoms with E-state index >= 15 is 0 Å². The number of carbonyl (C=O) groups is 1. The van der Waals surface area contributed by atoms with Crippen LogP contribution in [0.4, 0.5) is 11.5 Å².